The number of pyridine rings is 1. The Kier molecular flexibility index (Phi) is 6.15. The number of para-hydroxylation sites is 1. The number of hydrogen-bond donors (Lipinski definition) is 2. The fourth-order valence-electron chi connectivity index (χ4n) is 4.52. The van der Waals surface area contributed by atoms with Gasteiger partial charge in [0, 0.05) is 34.8 Å². The largest absolute Gasteiger partial charge is 0.357 e. The Morgan fingerprint density at radius 2 is 1.87 bits per heavy atom. The number of aromatic nitrogens is 2. The molecule has 5 nitrogen and oxygen atoms in total. The summed E-state index contributed by atoms with van der Waals surface area (Å²) in [5, 5.41) is 4.62. The highest BCUT2D eigenvalue weighted by Crippen LogP contribution is 2.32. The molecule has 2 N–H and O–H groups in total. The van der Waals surface area contributed by atoms with Crippen LogP contribution in [0.1, 0.15) is 56.6 Å². The number of carbonyl (C=O) groups excluding carboxylic acids is 1. The predicted octanol–water partition coefficient (Wildman–Crippen LogP) is 4.99. The van der Waals surface area contributed by atoms with Gasteiger partial charge in [-0.05, 0) is 62.5 Å². The molecule has 1 saturated heterocycles. The summed E-state index contributed by atoms with van der Waals surface area (Å²) in [6.07, 6.45) is 3.91. The summed E-state index contributed by atoms with van der Waals surface area (Å²) in [7, 11) is 0. The molecule has 0 saturated carbocycles. The smallest absolute Gasteiger partial charge is 0.225 e. The van der Waals surface area contributed by atoms with Gasteiger partial charge in [-0.2, -0.15) is 0 Å². The van der Waals surface area contributed by atoms with Crippen LogP contribution >= 0.6 is 0 Å². The van der Waals surface area contributed by atoms with Crippen molar-refractivity contribution in [2.45, 2.75) is 53.1 Å². The topological polar surface area (TPSA) is 61.0 Å². The van der Waals surface area contributed by atoms with Gasteiger partial charge in [0.1, 0.15) is 0 Å². The SMILES string of the molecule is Cc1c(CN2CCC([C@@H](NC(=O)C(C)(C)C)c3ccccn3)CC2)[nH]c2ccccc12. The van der Waals surface area contributed by atoms with E-state index in [0.717, 1.165) is 38.2 Å². The van der Waals surface area contributed by atoms with Gasteiger partial charge >= 0.3 is 0 Å². The molecule has 0 radical (unpaired) electrons. The van der Waals surface area contributed by atoms with Gasteiger partial charge in [0.05, 0.1) is 11.7 Å². The molecule has 31 heavy (non-hydrogen) atoms. The van der Waals surface area contributed by atoms with Crippen LogP contribution in [0.3, 0.4) is 0 Å². The molecule has 0 spiro atoms. The van der Waals surface area contributed by atoms with Crippen molar-refractivity contribution < 1.29 is 4.79 Å². The Labute approximate surface area is 185 Å². The number of piperidine rings is 1. The number of nitrogens with zero attached hydrogens (tertiary/aromatic N) is 2. The molecular weight excluding hydrogens is 384 g/mol. The second-order valence-corrected chi connectivity index (χ2v) is 9.84. The molecule has 0 bridgehead atoms. The van der Waals surface area contributed by atoms with E-state index >= 15 is 0 Å². The van der Waals surface area contributed by atoms with Crippen LogP contribution < -0.4 is 5.32 Å². The van der Waals surface area contributed by atoms with E-state index in [9.17, 15) is 4.79 Å². The van der Waals surface area contributed by atoms with E-state index in [1.54, 1.807) is 0 Å². The molecule has 5 heteroatoms. The van der Waals surface area contributed by atoms with Gasteiger partial charge in [-0.15, -0.1) is 0 Å². The fourth-order valence-corrected chi connectivity index (χ4v) is 4.52. The molecule has 1 amide bonds. The van der Waals surface area contributed by atoms with Gasteiger partial charge in [-0.1, -0.05) is 45.0 Å². The number of nitrogens with one attached hydrogen (secondary N) is 2. The average Bonchev–Trinajstić information content (AvgIpc) is 3.08. The minimum absolute atomic E-state index is 0.0371. The van der Waals surface area contributed by atoms with Gasteiger partial charge < -0.3 is 10.3 Å². The van der Waals surface area contributed by atoms with E-state index < -0.39 is 5.41 Å². The van der Waals surface area contributed by atoms with E-state index in [1.807, 2.05) is 45.2 Å². The normalized spacial score (nSPS) is 17.0. The van der Waals surface area contributed by atoms with E-state index in [-0.39, 0.29) is 11.9 Å². The fraction of sp³-hybridized carbons (Fsp3) is 0.462. The quantitative estimate of drug-likeness (QED) is 0.614. The number of benzene rings is 1. The number of amides is 1. The molecule has 4 rings (SSSR count). The van der Waals surface area contributed by atoms with Crippen LogP contribution in [0.4, 0.5) is 0 Å². The van der Waals surface area contributed by atoms with Crippen molar-refractivity contribution in [1.29, 1.82) is 0 Å². The van der Waals surface area contributed by atoms with Crippen LogP contribution in [0, 0.1) is 18.3 Å². The summed E-state index contributed by atoms with van der Waals surface area (Å²) in [6.45, 7) is 11.1. The Bertz CT molecular complexity index is 1030. The van der Waals surface area contributed by atoms with Crippen molar-refractivity contribution in [3.05, 3.63) is 65.6 Å². The molecular formula is C26H34N4O. The van der Waals surface area contributed by atoms with Crippen LogP contribution in [0.15, 0.2) is 48.7 Å². The zero-order valence-electron chi connectivity index (χ0n) is 19.1. The molecule has 1 fully saturated rings. The second-order valence-electron chi connectivity index (χ2n) is 9.84. The minimum Gasteiger partial charge on any atom is -0.357 e. The van der Waals surface area contributed by atoms with Crippen LogP contribution in [0.2, 0.25) is 0 Å². The molecule has 0 aliphatic carbocycles. The molecule has 2 aromatic heterocycles. The maximum atomic E-state index is 12.8. The lowest BCUT2D eigenvalue weighted by Gasteiger charge is -2.37. The number of carbonyl (C=O) groups is 1. The Balaban J connectivity index is 1.44. The standard InChI is InChI=1S/C26H34N4O/c1-18-20-9-5-6-10-21(20)28-23(18)17-30-15-12-19(13-16-30)24(22-11-7-8-14-27-22)29-25(31)26(2,3)4/h5-11,14,19,24,28H,12-13,15-17H2,1-4H3,(H,29,31)/t24-/m1/s1. The maximum Gasteiger partial charge on any atom is 0.225 e. The molecule has 1 aliphatic heterocycles. The third kappa shape index (κ3) is 4.82. The second kappa shape index (κ2) is 8.83. The first kappa shape index (κ1) is 21.6. The highest BCUT2D eigenvalue weighted by atomic mass is 16.2. The first-order chi connectivity index (χ1) is 14.8. The average molecular weight is 419 g/mol. The number of H-pyrrole nitrogens is 1. The third-order valence-corrected chi connectivity index (χ3v) is 6.53. The summed E-state index contributed by atoms with van der Waals surface area (Å²) >= 11 is 0. The van der Waals surface area contributed by atoms with Gasteiger partial charge in [0.2, 0.25) is 5.91 Å². The van der Waals surface area contributed by atoms with Crippen molar-refractivity contribution in [1.82, 2.24) is 20.2 Å². The Morgan fingerprint density at radius 1 is 1.16 bits per heavy atom. The number of aryl methyl sites for hydroxylation is 1. The number of aromatic amines is 1. The summed E-state index contributed by atoms with van der Waals surface area (Å²) in [5.41, 5.74) is 4.42. The van der Waals surface area contributed by atoms with Gasteiger partial charge in [0.25, 0.3) is 0 Å². The Hall–Kier alpha value is -2.66. The van der Waals surface area contributed by atoms with Crippen LogP contribution in [0.5, 0.6) is 0 Å². The number of likely N-dealkylation sites (tertiary alicyclic amines) is 1. The van der Waals surface area contributed by atoms with E-state index in [2.05, 4.69) is 51.4 Å². The lowest BCUT2D eigenvalue weighted by molar-refractivity contribution is -0.129. The van der Waals surface area contributed by atoms with Gasteiger partial charge in [0.15, 0.2) is 0 Å². The molecule has 0 unspecified atom stereocenters. The first-order valence-electron chi connectivity index (χ1n) is 11.3. The van der Waals surface area contributed by atoms with Crippen molar-refractivity contribution in [2.75, 3.05) is 13.1 Å². The van der Waals surface area contributed by atoms with Crippen LogP contribution in [-0.4, -0.2) is 33.9 Å². The number of fused-ring (bicyclic) bond motifs is 1. The zero-order chi connectivity index (χ0) is 22.0. The maximum absolute atomic E-state index is 12.8. The van der Waals surface area contributed by atoms with Crippen molar-refractivity contribution in [3.8, 4) is 0 Å². The summed E-state index contributed by atoms with van der Waals surface area (Å²) < 4.78 is 0. The predicted molar refractivity (Wildman–Crippen MR) is 126 cm³/mol. The Morgan fingerprint density at radius 3 is 2.52 bits per heavy atom. The summed E-state index contributed by atoms with van der Waals surface area (Å²) in [5.74, 6) is 0.473. The zero-order valence-corrected chi connectivity index (χ0v) is 19.1. The van der Waals surface area contributed by atoms with Gasteiger partial charge in [-0.25, -0.2) is 0 Å². The molecule has 1 aliphatic rings. The molecule has 164 valence electrons. The lowest BCUT2D eigenvalue weighted by Crippen LogP contribution is -2.44. The molecule has 3 heterocycles. The number of hydrogen-bond acceptors (Lipinski definition) is 3. The minimum atomic E-state index is -0.416. The highest BCUT2D eigenvalue weighted by Gasteiger charge is 2.32. The lowest BCUT2D eigenvalue weighted by atomic mass is 9.85. The summed E-state index contributed by atoms with van der Waals surface area (Å²) in [4.78, 5) is 23.5. The van der Waals surface area contributed by atoms with Crippen molar-refractivity contribution in [3.63, 3.8) is 0 Å². The summed E-state index contributed by atoms with van der Waals surface area (Å²) in [6, 6.07) is 14.4. The highest BCUT2D eigenvalue weighted by molar-refractivity contribution is 5.84. The number of rotatable bonds is 5. The van der Waals surface area contributed by atoms with Crippen LogP contribution in [0.25, 0.3) is 10.9 Å². The van der Waals surface area contributed by atoms with Crippen molar-refractivity contribution in [2.24, 2.45) is 11.3 Å². The van der Waals surface area contributed by atoms with E-state index in [1.165, 1.54) is 22.2 Å². The van der Waals surface area contributed by atoms with E-state index in [4.69, 9.17) is 0 Å². The first-order valence-corrected chi connectivity index (χ1v) is 11.3. The molecule has 1 atom stereocenters. The monoisotopic (exact) mass is 418 g/mol. The van der Waals surface area contributed by atoms with E-state index in [0.29, 0.717) is 5.92 Å². The van der Waals surface area contributed by atoms with Gasteiger partial charge in [-0.3, -0.25) is 14.7 Å². The molecule has 1 aromatic carbocycles. The van der Waals surface area contributed by atoms with Crippen LogP contribution in [-0.2, 0) is 11.3 Å². The third-order valence-electron chi connectivity index (χ3n) is 6.53. The van der Waals surface area contributed by atoms with Crippen molar-refractivity contribution >= 4 is 16.8 Å². The molecule has 3 aromatic rings.